The molecule has 16 heavy (non-hydrogen) atoms. The SMILES string of the molecule is CC1CCCC(C(=O)O)(N2CCCC2)CC1. The van der Waals surface area contributed by atoms with Crippen LogP contribution >= 0.6 is 0 Å². The van der Waals surface area contributed by atoms with E-state index in [1.54, 1.807) is 0 Å². The van der Waals surface area contributed by atoms with Crippen molar-refractivity contribution in [3.63, 3.8) is 0 Å². The first-order chi connectivity index (χ1) is 7.65. The second kappa shape index (κ2) is 4.74. The predicted octanol–water partition coefficient (Wildman–Crippen LogP) is 2.51. The number of hydrogen-bond donors (Lipinski definition) is 1. The Morgan fingerprint density at radius 3 is 2.50 bits per heavy atom. The zero-order chi connectivity index (χ0) is 11.6. The largest absolute Gasteiger partial charge is 0.480 e. The van der Waals surface area contributed by atoms with Gasteiger partial charge in [0.25, 0.3) is 0 Å². The van der Waals surface area contributed by atoms with Crippen LogP contribution in [0.15, 0.2) is 0 Å². The molecule has 2 unspecified atom stereocenters. The average molecular weight is 225 g/mol. The van der Waals surface area contributed by atoms with Crippen molar-refractivity contribution < 1.29 is 9.90 Å². The Hall–Kier alpha value is -0.570. The summed E-state index contributed by atoms with van der Waals surface area (Å²) in [6.07, 6.45) is 7.39. The number of carbonyl (C=O) groups is 1. The first kappa shape index (κ1) is 11.9. The third-order valence-electron chi connectivity index (χ3n) is 4.45. The van der Waals surface area contributed by atoms with Crippen LogP contribution in [0.4, 0.5) is 0 Å². The summed E-state index contributed by atoms with van der Waals surface area (Å²) in [5.74, 6) is 0.118. The lowest BCUT2D eigenvalue weighted by atomic mass is 9.88. The van der Waals surface area contributed by atoms with E-state index in [4.69, 9.17) is 0 Å². The average Bonchev–Trinajstić information content (AvgIpc) is 2.70. The van der Waals surface area contributed by atoms with E-state index < -0.39 is 11.5 Å². The fourth-order valence-corrected chi connectivity index (χ4v) is 3.31. The van der Waals surface area contributed by atoms with Crippen LogP contribution in [0.2, 0.25) is 0 Å². The van der Waals surface area contributed by atoms with Crippen LogP contribution in [0, 0.1) is 5.92 Å². The molecular formula is C13H23NO2. The Labute approximate surface area is 97.8 Å². The fraction of sp³-hybridized carbons (Fsp3) is 0.923. The Balaban J connectivity index is 2.16. The lowest BCUT2D eigenvalue weighted by molar-refractivity contribution is -0.152. The molecule has 1 N–H and O–H groups in total. The van der Waals surface area contributed by atoms with Gasteiger partial charge in [-0.2, -0.15) is 0 Å². The predicted molar refractivity (Wildman–Crippen MR) is 63.4 cm³/mol. The molecular weight excluding hydrogens is 202 g/mol. The topological polar surface area (TPSA) is 40.5 Å². The van der Waals surface area contributed by atoms with Gasteiger partial charge in [0.2, 0.25) is 0 Å². The molecule has 0 aromatic rings. The molecule has 0 spiro atoms. The van der Waals surface area contributed by atoms with Crippen LogP contribution in [0.25, 0.3) is 0 Å². The van der Waals surface area contributed by atoms with E-state index >= 15 is 0 Å². The first-order valence-electron chi connectivity index (χ1n) is 6.63. The molecule has 0 aromatic carbocycles. The number of likely N-dealkylation sites (tertiary alicyclic amines) is 1. The summed E-state index contributed by atoms with van der Waals surface area (Å²) in [5, 5.41) is 9.62. The molecule has 2 fully saturated rings. The number of nitrogens with zero attached hydrogens (tertiary/aromatic N) is 1. The van der Waals surface area contributed by atoms with Gasteiger partial charge in [0.1, 0.15) is 5.54 Å². The molecule has 2 atom stereocenters. The van der Waals surface area contributed by atoms with Gasteiger partial charge in [-0.15, -0.1) is 0 Å². The van der Waals surface area contributed by atoms with Crippen molar-refractivity contribution in [1.29, 1.82) is 0 Å². The van der Waals surface area contributed by atoms with E-state index in [1.807, 2.05) is 0 Å². The van der Waals surface area contributed by atoms with E-state index in [1.165, 1.54) is 19.3 Å². The summed E-state index contributed by atoms with van der Waals surface area (Å²) < 4.78 is 0. The standard InChI is InChI=1S/C13H23NO2/c1-11-5-4-7-13(8-6-11,12(15)16)14-9-2-3-10-14/h11H,2-10H2,1H3,(H,15,16). The highest BCUT2D eigenvalue weighted by molar-refractivity contribution is 5.78. The van der Waals surface area contributed by atoms with Gasteiger partial charge >= 0.3 is 5.97 Å². The third-order valence-corrected chi connectivity index (χ3v) is 4.45. The molecule has 0 amide bonds. The van der Waals surface area contributed by atoms with Crippen LogP contribution < -0.4 is 0 Å². The van der Waals surface area contributed by atoms with Gasteiger partial charge in [-0.25, -0.2) is 0 Å². The van der Waals surface area contributed by atoms with Crippen LogP contribution in [0.1, 0.15) is 51.9 Å². The zero-order valence-corrected chi connectivity index (χ0v) is 10.2. The summed E-state index contributed by atoms with van der Waals surface area (Å²) in [5.41, 5.74) is -0.527. The van der Waals surface area contributed by atoms with Crippen molar-refractivity contribution in [3.8, 4) is 0 Å². The summed E-state index contributed by atoms with van der Waals surface area (Å²) >= 11 is 0. The van der Waals surface area contributed by atoms with Gasteiger partial charge in [-0.05, 0) is 51.1 Å². The molecule has 0 radical (unpaired) electrons. The van der Waals surface area contributed by atoms with E-state index in [9.17, 15) is 9.90 Å². The van der Waals surface area contributed by atoms with Gasteiger partial charge in [-0.3, -0.25) is 9.69 Å². The number of hydrogen-bond acceptors (Lipinski definition) is 2. The molecule has 2 rings (SSSR count). The Kier molecular flexibility index (Phi) is 3.53. The molecule has 2 aliphatic rings. The zero-order valence-electron chi connectivity index (χ0n) is 10.2. The van der Waals surface area contributed by atoms with Crippen molar-refractivity contribution in [2.45, 2.75) is 57.4 Å². The molecule has 0 bridgehead atoms. The monoisotopic (exact) mass is 225 g/mol. The highest BCUT2D eigenvalue weighted by Gasteiger charge is 2.45. The van der Waals surface area contributed by atoms with Crippen molar-refractivity contribution in [3.05, 3.63) is 0 Å². The quantitative estimate of drug-likeness (QED) is 0.734. The minimum absolute atomic E-state index is 0.527. The molecule has 0 aromatic heterocycles. The number of carboxylic acids is 1. The maximum absolute atomic E-state index is 11.7. The van der Waals surface area contributed by atoms with Crippen molar-refractivity contribution in [2.24, 2.45) is 5.92 Å². The molecule has 1 saturated carbocycles. The summed E-state index contributed by atoms with van der Waals surface area (Å²) in [6.45, 7) is 4.23. The van der Waals surface area contributed by atoms with Crippen molar-refractivity contribution in [1.82, 2.24) is 4.90 Å². The normalized spacial score (nSPS) is 37.2. The van der Waals surface area contributed by atoms with Crippen LogP contribution in [-0.4, -0.2) is 34.6 Å². The molecule has 1 saturated heterocycles. The van der Waals surface area contributed by atoms with Gasteiger partial charge < -0.3 is 5.11 Å². The minimum atomic E-state index is -0.580. The fourth-order valence-electron chi connectivity index (χ4n) is 3.31. The smallest absolute Gasteiger partial charge is 0.324 e. The van der Waals surface area contributed by atoms with Gasteiger partial charge in [0.15, 0.2) is 0 Å². The molecule has 3 nitrogen and oxygen atoms in total. The van der Waals surface area contributed by atoms with Gasteiger partial charge in [-0.1, -0.05) is 19.8 Å². The first-order valence-corrected chi connectivity index (χ1v) is 6.63. The lowest BCUT2D eigenvalue weighted by Crippen LogP contribution is -2.53. The van der Waals surface area contributed by atoms with Crippen LogP contribution in [-0.2, 0) is 4.79 Å². The van der Waals surface area contributed by atoms with Gasteiger partial charge in [0.05, 0.1) is 0 Å². The van der Waals surface area contributed by atoms with Crippen molar-refractivity contribution in [2.75, 3.05) is 13.1 Å². The highest BCUT2D eigenvalue weighted by atomic mass is 16.4. The van der Waals surface area contributed by atoms with Crippen molar-refractivity contribution >= 4 is 5.97 Å². The summed E-state index contributed by atoms with van der Waals surface area (Å²) in [7, 11) is 0. The van der Waals surface area contributed by atoms with Crippen LogP contribution in [0.3, 0.4) is 0 Å². The van der Waals surface area contributed by atoms with E-state index in [0.29, 0.717) is 5.92 Å². The lowest BCUT2D eigenvalue weighted by Gasteiger charge is -2.37. The number of aliphatic carboxylic acids is 1. The van der Waals surface area contributed by atoms with E-state index in [2.05, 4.69) is 11.8 Å². The Morgan fingerprint density at radius 1 is 1.19 bits per heavy atom. The maximum atomic E-state index is 11.7. The second-order valence-corrected chi connectivity index (χ2v) is 5.57. The Morgan fingerprint density at radius 2 is 1.88 bits per heavy atom. The molecule has 92 valence electrons. The number of rotatable bonds is 2. The molecule has 1 aliphatic heterocycles. The van der Waals surface area contributed by atoms with Crippen LogP contribution in [0.5, 0.6) is 0 Å². The van der Waals surface area contributed by atoms with Gasteiger partial charge in [0, 0.05) is 0 Å². The molecule has 1 heterocycles. The third kappa shape index (κ3) is 2.10. The summed E-state index contributed by atoms with van der Waals surface area (Å²) in [6, 6.07) is 0. The van der Waals surface area contributed by atoms with E-state index in [-0.39, 0.29) is 0 Å². The minimum Gasteiger partial charge on any atom is -0.480 e. The highest BCUT2D eigenvalue weighted by Crippen LogP contribution is 2.36. The second-order valence-electron chi connectivity index (χ2n) is 5.57. The molecule has 3 heteroatoms. The van der Waals surface area contributed by atoms with E-state index in [0.717, 1.165) is 38.8 Å². The number of carboxylic acid groups (broad SMARTS) is 1. The maximum Gasteiger partial charge on any atom is 0.324 e. The summed E-state index contributed by atoms with van der Waals surface area (Å²) in [4.78, 5) is 13.9. The molecule has 1 aliphatic carbocycles. The Bertz CT molecular complexity index is 261.